The molecule has 4 nitrogen and oxygen atoms in total. The third-order valence-corrected chi connectivity index (χ3v) is 4.81. The predicted octanol–water partition coefficient (Wildman–Crippen LogP) is 2.01. The van der Waals surface area contributed by atoms with Gasteiger partial charge in [-0.25, -0.2) is 0 Å². The number of aliphatic hydroxyl groups is 1. The molecule has 0 aliphatic carbocycles. The summed E-state index contributed by atoms with van der Waals surface area (Å²) in [6, 6.07) is 6.06. The molecule has 1 atom stereocenters. The van der Waals surface area contributed by atoms with E-state index in [1.807, 2.05) is 26.0 Å². The van der Waals surface area contributed by atoms with Gasteiger partial charge < -0.3 is 14.7 Å². The van der Waals surface area contributed by atoms with Crippen LogP contribution >= 0.6 is 11.8 Å². The lowest BCUT2D eigenvalue weighted by molar-refractivity contribution is -0.147. The lowest BCUT2D eigenvalue weighted by Crippen LogP contribution is -2.48. The van der Waals surface area contributed by atoms with Crippen molar-refractivity contribution in [3.63, 3.8) is 0 Å². The zero-order chi connectivity index (χ0) is 15.5. The van der Waals surface area contributed by atoms with Crippen molar-refractivity contribution in [1.29, 1.82) is 0 Å². The van der Waals surface area contributed by atoms with Crippen molar-refractivity contribution in [2.45, 2.75) is 25.9 Å². The Morgan fingerprint density at radius 3 is 2.62 bits per heavy atom. The molecule has 0 aromatic heterocycles. The fourth-order valence-corrected chi connectivity index (χ4v) is 3.73. The number of hydrogen-bond donors (Lipinski definition) is 1. The number of hydrogen-bond acceptors (Lipinski definition) is 4. The molecule has 1 amide bonds. The number of carbonyl (C=O) groups is 1. The SMILES string of the molecule is Cc1cc(C)cc(OCCN(C)C(=O)[C@@]2(O)CCSC2)c1. The fraction of sp³-hybridized carbons (Fsp3) is 0.562. The Morgan fingerprint density at radius 2 is 2.05 bits per heavy atom. The Morgan fingerprint density at radius 1 is 1.38 bits per heavy atom. The summed E-state index contributed by atoms with van der Waals surface area (Å²) in [5.74, 6) is 1.96. The maximum absolute atomic E-state index is 12.2. The van der Waals surface area contributed by atoms with Crippen molar-refractivity contribution in [2.75, 3.05) is 31.7 Å². The Balaban J connectivity index is 1.83. The molecule has 116 valence electrons. The monoisotopic (exact) mass is 309 g/mol. The van der Waals surface area contributed by atoms with Crippen molar-refractivity contribution in [2.24, 2.45) is 0 Å². The molecule has 0 bridgehead atoms. The Hall–Kier alpha value is -1.20. The quantitative estimate of drug-likeness (QED) is 0.904. The van der Waals surface area contributed by atoms with Gasteiger partial charge in [0.2, 0.25) is 0 Å². The first kappa shape index (κ1) is 16.2. The third kappa shape index (κ3) is 4.14. The van der Waals surface area contributed by atoms with Crippen LogP contribution in [0.3, 0.4) is 0 Å². The average molecular weight is 309 g/mol. The number of ether oxygens (including phenoxy) is 1. The van der Waals surface area contributed by atoms with E-state index in [9.17, 15) is 9.90 Å². The standard InChI is InChI=1S/C16H23NO3S/c1-12-8-13(2)10-14(9-12)20-6-5-17(3)15(18)16(19)4-7-21-11-16/h8-10,19H,4-7,11H2,1-3H3/t16-/m1/s1. The minimum atomic E-state index is -1.18. The van der Waals surface area contributed by atoms with Crippen LogP contribution in [-0.2, 0) is 4.79 Å². The molecule has 0 radical (unpaired) electrons. The van der Waals surface area contributed by atoms with Crippen LogP contribution in [0, 0.1) is 13.8 Å². The molecule has 0 saturated carbocycles. The molecule has 5 heteroatoms. The number of rotatable bonds is 5. The van der Waals surface area contributed by atoms with E-state index in [0.717, 1.165) is 22.6 Å². The third-order valence-electron chi connectivity index (χ3n) is 3.64. The molecule has 2 rings (SSSR count). The number of amides is 1. The topological polar surface area (TPSA) is 49.8 Å². The fourth-order valence-electron chi connectivity index (χ4n) is 2.50. The first-order chi connectivity index (χ1) is 9.90. The molecule has 1 aliphatic heterocycles. The van der Waals surface area contributed by atoms with Crippen LogP contribution < -0.4 is 4.74 Å². The lowest BCUT2D eigenvalue weighted by Gasteiger charge is -2.27. The summed E-state index contributed by atoms with van der Waals surface area (Å²) in [5.41, 5.74) is 1.14. The highest BCUT2D eigenvalue weighted by atomic mass is 32.2. The summed E-state index contributed by atoms with van der Waals surface area (Å²) >= 11 is 1.62. The second-order valence-electron chi connectivity index (χ2n) is 5.73. The van der Waals surface area contributed by atoms with E-state index in [4.69, 9.17) is 4.74 Å². The van der Waals surface area contributed by atoms with Gasteiger partial charge in [0, 0.05) is 12.8 Å². The number of benzene rings is 1. The Kier molecular flexibility index (Phi) is 5.17. The van der Waals surface area contributed by atoms with Crippen molar-refractivity contribution >= 4 is 17.7 Å². The van der Waals surface area contributed by atoms with Crippen LogP contribution in [0.15, 0.2) is 18.2 Å². The smallest absolute Gasteiger partial charge is 0.255 e. The molecule has 1 saturated heterocycles. The first-order valence-electron chi connectivity index (χ1n) is 7.17. The minimum Gasteiger partial charge on any atom is -0.492 e. The molecule has 1 aliphatic rings. The van der Waals surface area contributed by atoms with Crippen molar-refractivity contribution in [3.05, 3.63) is 29.3 Å². The number of thioether (sulfide) groups is 1. The van der Waals surface area contributed by atoms with E-state index in [1.165, 1.54) is 0 Å². The van der Waals surface area contributed by atoms with Gasteiger partial charge in [0.05, 0.1) is 6.54 Å². The average Bonchev–Trinajstić information content (AvgIpc) is 2.85. The number of likely N-dealkylation sites (N-methyl/N-ethyl adjacent to an activating group) is 1. The van der Waals surface area contributed by atoms with E-state index in [-0.39, 0.29) is 5.91 Å². The lowest BCUT2D eigenvalue weighted by atomic mass is 10.0. The maximum Gasteiger partial charge on any atom is 0.255 e. The highest BCUT2D eigenvalue weighted by Gasteiger charge is 2.41. The Labute approximate surface area is 130 Å². The summed E-state index contributed by atoms with van der Waals surface area (Å²) in [4.78, 5) is 13.8. The van der Waals surface area contributed by atoms with Gasteiger partial charge in [-0.05, 0) is 49.3 Å². The van der Waals surface area contributed by atoms with Gasteiger partial charge in [-0.15, -0.1) is 0 Å². The summed E-state index contributed by atoms with van der Waals surface area (Å²) in [6.45, 7) is 4.96. The molecule has 1 N–H and O–H groups in total. The van der Waals surface area contributed by atoms with E-state index in [0.29, 0.717) is 25.3 Å². The molecule has 0 unspecified atom stereocenters. The van der Waals surface area contributed by atoms with Gasteiger partial charge in [-0.3, -0.25) is 4.79 Å². The molecule has 1 fully saturated rings. The number of carbonyl (C=O) groups excluding carboxylic acids is 1. The van der Waals surface area contributed by atoms with Crippen molar-refractivity contribution in [1.82, 2.24) is 4.90 Å². The van der Waals surface area contributed by atoms with E-state index in [2.05, 4.69) is 6.07 Å². The molecule has 1 aromatic carbocycles. The molecular weight excluding hydrogens is 286 g/mol. The summed E-state index contributed by atoms with van der Waals surface area (Å²) in [5, 5.41) is 10.3. The van der Waals surface area contributed by atoms with Gasteiger partial charge in [0.25, 0.3) is 5.91 Å². The molecule has 21 heavy (non-hydrogen) atoms. The first-order valence-corrected chi connectivity index (χ1v) is 8.33. The van der Waals surface area contributed by atoms with Gasteiger partial charge in [-0.1, -0.05) is 6.07 Å². The predicted molar refractivity (Wildman–Crippen MR) is 85.9 cm³/mol. The van der Waals surface area contributed by atoms with Crippen LogP contribution in [0.4, 0.5) is 0 Å². The van der Waals surface area contributed by atoms with Gasteiger partial charge >= 0.3 is 0 Å². The largest absolute Gasteiger partial charge is 0.492 e. The van der Waals surface area contributed by atoms with Crippen molar-refractivity contribution < 1.29 is 14.6 Å². The van der Waals surface area contributed by atoms with Gasteiger partial charge in [0.15, 0.2) is 5.60 Å². The van der Waals surface area contributed by atoms with Crippen LogP contribution in [0.2, 0.25) is 0 Å². The maximum atomic E-state index is 12.2. The second kappa shape index (κ2) is 6.71. The van der Waals surface area contributed by atoms with Crippen LogP contribution in [0.25, 0.3) is 0 Å². The van der Waals surface area contributed by atoms with E-state index >= 15 is 0 Å². The second-order valence-corrected chi connectivity index (χ2v) is 6.84. The number of aryl methyl sites for hydroxylation is 2. The van der Waals surface area contributed by atoms with Crippen LogP contribution in [-0.4, -0.2) is 53.2 Å². The summed E-state index contributed by atoms with van der Waals surface area (Å²) in [6.07, 6.45) is 0.540. The van der Waals surface area contributed by atoms with Crippen LogP contribution in [0.1, 0.15) is 17.5 Å². The Bertz CT molecular complexity index is 492. The van der Waals surface area contributed by atoms with E-state index in [1.54, 1.807) is 23.7 Å². The molecule has 0 spiro atoms. The van der Waals surface area contributed by atoms with Crippen LogP contribution in [0.5, 0.6) is 5.75 Å². The van der Waals surface area contributed by atoms with Gasteiger partial charge in [-0.2, -0.15) is 11.8 Å². The molecule has 1 aromatic rings. The van der Waals surface area contributed by atoms with E-state index < -0.39 is 5.60 Å². The minimum absolute atomic E-state index is 0.198. The normalized spacial score (nSPS) is 21.3. The zero-order valence-corrected chi connectivity index (χ0v) is 13.7. The molecule has 1 heterocycles. The zero-order valence-electron chi connectivity index (χ0n) is 12.9. The summed E-state index contributed by atoms with van der Waals surface area (Å²) < 4.78 is 5.70. The highest BCUT2D eigenvalue weighted by Crippen LogP contribution is 2.29. The summed E-state index contributed by atoms with van der Waals surface area (Å²) in [7, 11) is 1.72. The number of nitrogens with zero attached hydrogens (tertiary/aromatic N) is 1. The highest BCUT2D eigenvalue weighted by molar-refractivity contribution is 7.99. The van der Waals surface area contributed by atoms with Crippen molar-refractivity contribution in [3.8, 4) is 5.75 Å². The molecular formula is C16H23NO3S. The van der Waals surface area contributed by atoms with Gasteiger partial charge in [0.1, 0.15) is 12.4 Å².